The van der Waals surface area contributed by atoms with Crippen LogP contribution in [0.3, 0.4) is 0 Å². The third-order valence-electron chi connectivity index (χ3n) is 4.15. The van der Waals surface area contributed by atoms with Gasteiger partial charge in [-0.25, -0.2) is 17.9 Å². The van der Waals surface area contributed by atoms with Gasteiger partial charge in [0.25, 0.3) is 0 Å². The van der Waals surface area contributed by atoms with Gasteiger partial charge < -0.3 is 9.84 Å². The maximum atomic E-state index is 12.4. The van der Waals surface area contributed by atoms with Crippen LogP contribution in [0.1, 0.15) is 29.6 Å². The van der Waals surface area contributed by atoms with E-state index in [9.17, 15) is 13.2 Å². The van der Waals surface area contributed by atoms with E-state index in [1.54, 1.807) is 0 Å². The van der Waals surface area contributed by atoms with Crippen molar-refractivity contribution in [3.05, 3.63) is 22.7 Å². The van der Waals surface area contributed by atoms with Gasteiger partial charge in [-0.05, 0) is 37.2 Å². The molecule has 120 valence electrons. The molecule has 0 radical (unpaired) electrons. The second kappa shape index (κ2) is 5.40. The zero-order chi connectivity index (χ0) is 16.1. The molecule has 0 heterocycles. The van der Waals surface area contributed by atoms with Crippen LogP contribution in [0.15, 0.2) is 17.0 Å². The van der Waals surface area contributed by atoms with Crippen molar-refractivity contribution in [3.63, 3.8) is 0 Å². The number of nitrogens with one attached hydrogen (secondary N) is 1. The van der Waals surface area contributed by atoms with Crippen molar-refractivity contribution in [2.45, 2.75) is 30.2 Å². The number of carbonyl (C=O) groups is 1. The Kier molecular flexibility index (Phi) is 3.82. The van der Waals surface area contributed by atoms with Crippen molar-refractivity contribution in [1.29, 1.82) is 0 Å². The highest BCUT2D eigenvalue weighted by Crippen LogP contribution is 2.50. The van der Waals surface area contributed by atoms with E-state index in [0.717, 1.165) is 18.6 Å². The lowest BCUT2D eigenvalue weighted by molar-refractivity contribution is 0.0693. The van der Waals surface area contributed by atoms with Crippen molar-refractivity contribution in [2.24, 2.45) is 11.8 Å². The van der Waals surface area contributed by atoms with Crippen LogP contribution in [0, 0.1) is 11.8 Å². The van der Waals surface area contributed by atoms with Crippen LogP contribution < -0.4 is 9.46 Å². The Balaban J connectivity index is 1.87. The first-order valence-electron chi connectivity index (χ1n) is 6.96. The summed E-state index contributed by atoms with van der Waals surface area (Å²) in [6.45, 7) is 0. The van der Waals surface area contributed by atoms with E-state index in [1.807, 2.05) is 0 Å². The van der Waals surface area contributed by atoms with Crippen molar-refractivity contribution < 1.29 is 23.1 Å². The quantitative estimate of drug-likeness (QED) is 0.823. The molecule has 2 atom stereocenters. The molecular formula is C14H16ClNO5S. The minimum atomic E-state index is -3.80. The number of carboxylic acids is 1. The predicted octanol–water partition coefficient (Wildman–Crippen LogP) is 2.12. The highest BCUT2D eigenvalue weighted by atomic mass is 35.5. The van der Waals surface area contributed by atoms with Crippen LogP contribution in [0.5, 0.6) is 5.75 Å². The summed E-state index contributed by atoms with van der Waals surface area (Å²) < 4.78 is 32.5. The molecule has 8 heteroatoms. The topological polar surface area (TPSA) is 92.7 Å². The number of hydrogen-bond acceptors (Lipinski definition) is 4. The summed E-state index contributed by atoms with van der Waals surface area (Å²) in [7, 11) is -2.52. The van der Waals surface area contributed by atoms with Gasteiger partial charge >= 0.3 is 5.97 Å². The smallest absolute Gasteiger partial charge is 0.339 e. The molecule has 6 nitrogen and oxygen atoms in total. The summed E-state index contributed by atoms with van der Waals surface area (Å²) in [5, 5.41) is 8.94. The Bertz CT molecular complexity index is 729. The SMILES string of the molecule is COc1cc(S(=O)(=O)N[C@@H]2C[C@H]2C2CC2)c(Cl)cc1C(=O)O. The fourth-order valence-corrected chi connectivity index (χ4v) is 4.58. The number of ether oxygens (including phenoxy) is 1. The van der Waals surface area contributed by atoms with Gasteiger partial charge in [0.1, 0.15) is 16.2 Å². The van der Waals surface area contributed by atoms with Crippen LogP contribution in [-0.2, 0) is 10.0 Å². The van der Waals surface area contributed by atoms with E-state index in [-0.39, 0.29) is 27.3 Å². The maximum Gasteiger partial charge on any atom is 0.339 e. The Morgan fingerprint density at radius 2 is 2.09 bits per heavy atom. The zero-order valence-electron chi connectivity index (χ0n) is 11.9. The lowest BCUT2D eigenvalue weighted by atomic mass is 10.2. The number of carboxylic acid groups (broad SMARTS) is 1. The number of sulfonamides is 1. The molecule has 0 aromatic heterocycles. The first kappa shape index (κ1) is 15.6. The first-order chi connectivity index (χ1) is 10.3. The highest BCUT2D eigenvalue weighted by molar-refractivity contribution is 7.89. The second-order valence-corrected chi connectivity index (χ2v) is 7.84. The summed E-state index contributed by atoms with van der Waals surface area (Å²) in [6.07, 6.45) is 3.20. The molecule has 0 bridgehead atoms. The van der Waals surface area contributed by atoms with E-state index >= 15 is 0 Å². The molecule has 2 fully saturated rings. The number of methoxy groups -OCH3 is 1. The van der Waals surface area contributed by atoms with E-state index in [0.29, 0.717) is 11.8 Å². The van der Waals surface area contributed by atoms with Gasteiger partial charge in [-0.15, -0.1) is 0 Å². The minimum absolute atomic E-state index is 0.0354. The number of aromatic carboxylic acids is 1. The maximum absolute atomic E-state index is 12.4. The Labute approximate surface area is 133 Å². The molecule has 2 aliphatic rings. The number of hydrogen-bond donors (Lipinski definition) is 2. The number of halogens is 1. The molecule has 0 aliphatic heterocycles. The zero-order valence-corrected chi connectivity index (χ0v) is 13.4. The summed E-state index contributed by atoms with van der Waals surface area (Å²) in [5.41, 5.74) is -0.172. The van der Waals surface area contributed by atoms with E-state index in [4.69, 9.17) is 21.4 Å². The Morgan fingerprint density at radius 1 is 1.41 bits per heavy atom. The highest BCUT2D eigenvalue weighted by Gasteiger charge is 2.49. The van der Waals surface area contributed by atoms with Gasteiger partial charge in [0.15, 0.2) is 0 Å². The lowest BCUT2D eigenvalue weighted by Crippen LogP contribution is -2.27. The molecule has 22 heavy (non-hydrogen) atoms. The van der Waals surface area contributed by atoms with Crippen molar-refractivity contribution in [2.75, 3.05) is 7.11 Å². The summed E-state index contributed by atoms with van der Waals surface area (Å²) in [6, 6.07) is 2.21. The minimum Gasteiger partial charge on any atom is -0.496 e. The fourth-order valence-electron chi connectivity index (χ4n) is 2.73. The van der Waals surface area contributed by atoms with E-state index in [2.05, 4.69) is 4.72 Å². The first-order valence-corrected chi connectivity index (χ1v) is 8.82. The average molecular weight is 346 g/mol. The third kappa shape index (κ3) is 2.93. The molecule has 0 unspecified atom stereocenters. The largest absolute Gasteiger partial charge is 0.496 e. The van der Waals surface area contributed by atoms with E-state index < -0.39 is 16.0 Å². The van der Waals surface area contributed by atoms with Crippen molar-refractivity contribution in [1.82, 2.24) is 4.72 Å². The molecule has 0 saturated heterocycles. The monoisotopic (exact) mass is 345 g/mol. The van der Waals surface area contributed by atoms with Gasteiger partial charge in [-0.3, -0.25) is 0 Å². The lowest BCUT2D eigenvalue weighted by Gasteiger charge is -2.12. The predicted molar refractivity (Wildman–Crippen MR) is 79.9 cm³/mol. The molecule has 2 aliphatic carbocycles. The van der Waals surface area contributed by atoms with Gasteiger partial charge in [-0.1, -0.05) is 11.6 Å². The number of benzene rings is 1. The average Bonchev–Trinajstić information content (AvgIpc) is 3.31. The molecule has 3 rings (SSSR count). The summed E-state index contributed by atoms with van der Waals surface area (Å²) >= 11 is 5.96. The van der Waals surface area contributed by atoms with Gasteiger partial charge in [0.05, 0.1) is 12.1 Å². The third-order valence-corrected chi connectivity index (χ3v) is 6.10. The van der Waals surface area contributed by atoms with Gasteiger partial charge in [-0.2, -0.15) is 0 Å². The molecule has 2 saturated carbocycles. The molecule has 0 amide bonds. The van der Waals surface area contributed by atoms with Gasteiger partial charge in [0.2, 0.25) is 10.0 Å². The van der Waals surface area contributed by atoms with Crippen LogP contribution in [-0.4, -0.2) is 32.6 Å². The van der Waals surface area contributed by atoms with Crippen LogP contribution in [0.4, 0.5) is 0 Å². The summed E-state index contributed by atoms with van der Waals surface area (Å²) in [4.78, 5) is 10.9. The van der Waals surface area contributed by atoms with Crippen LogP contribution >= 0.6 is 11.6 Å². The van der Waals surface area contributed by atoms with Crippen LogP contribution in [0.25, 0.3) is 0 Å². The molecule has 1 aromatic rings. The molecule has 1 aromatic carbocycles. The fraction of sp³-hybridized carbons (Fsp3) is 0.500. The van der Waals surface area contributed by atoms with Gasteiger partial charge in [0, 0.05) is 12.1 Å². The van der Waals surface area contributed by atoms with Crippen molar-refractivity contribution >= 4 is 27.6 Å². The van der Waals surface area contributed by atoms with Crippen molar-refractivity contribution in [3.8, 4) is 5.75 Å². The van der Waals surface area contributed by atoms with E-state index in [1.165, 1.54) is 20.0 Å². The Hall–Kier alpha value is -1.31. The van der Waals surface area contributed by atoms with Crippen LogP contribution in [0.2, 0.25) is 5.02 Å². The number of rotatable bonds is 6. The molecular weight excluding hydrogens is 330 g/mol. The Morgan fingerprint density at radius 3 is 2.64 bits per heavy atom. The second-order valence-electron chi connectivity index (χ2n) is 5.75. The normalized spacial score (nSPS) is 24.1. The molecule has 2 N–H and O–H groups in total. The molecule has 0 spiro atoms. The summed E-state index contributed by atoms with van der Waals surface area (Å²) in [5.74, 6) is -0.195. The standard InChI is InChI=1S/C14H16ClNO5S/c1-21-12-6-13(10(15)4-9(12)14(17)18)22(19,20)16-11-5-8(11)7-2-3-7/h4,6-8,11,16H,2-3,5H2,1H3,(H,17,18)/t8-,11+/m0/s1.